The summed E-state index contributed by atoms with van der Waals surface area (Å²) in [4.78, 5) is 0. The summed E-state index contributed by atoms with van der Waals surface area (Å²) in [5, 5.41) is 19.0. The molecule has 4 saturated carbocycles. The molecule has 0 spiro atoms. The van der Waals surface area contributed by atoms with E-state index in [1.54, 1.807) is 0 Å². The monoisotopic (exact) mass is 621 g/mol. The van der Waals surface area contributed by atoms with Crippen LogP contribution >= 0.6 is 0 Å². The fourth-order valence-electron chi connectivity index (χ4n) is 10.8. The maximum absolute atomic E-state index is 9.51. The van der Waals surface area contributed by atoms with Gasteiger partial charge in [-0.2, -0.15) is 10.5 Å². The lowest BCUT2D eigenvalue weighted by Gasteiger charge is -2.41. The molecule has 0 aromatic carbocycles. The standard InChI is InChI=1S/C42H72N2O/c1-3-5-7-9-33-11-19-37(20-12-33)41(39-23-15-35(31-43)16-24-39)27-29-45-30-28-42(40-25-17-36(32-44)18-26-40)38-21-13-34(14-22-38)10-8-6-4-2/h33-42H,3-30H2,1-2H3/t33-,34-,35-,36-,37-,38-,39-,40-,41?,42?. The van der Waals surface area contributed by atoms with Crippen LogP contribution in [0.25, 0.3) is 0 Å². The normalized spacial score (nSPS) is 34.0. The highest BCUT2D eigenvalue weighted by Gasteiger charge is 2.36. The Morgan fingerprint density at radius 2 is 0.822 bits per heavy atom. The number of unbranched alkanes of at least 4 members (excludes halogenated alkanes) is 4. The van der Waals surface area contributed by atoms with Crippen molar-refractivity contribution in [3.8, 4) is 12.1 Å². The zero-order chi connectivity index (χ0) is 31.7. The fraction of sp³-hybridized carbons (Fsp3) is 0.952. The van der Waals surface area contributed by atoms with Crippen molar-refractivity contribution in [1.29, 1.82) is 10.5 Å². The van der Waals surface area contributed by atoms with Gasteiger partial charge in [0.2, 0.25) is 0 Å². The largest absolute Gasteiger partial charge is 0.381 e. The van der Waals surface area contributed by atoms with Gasteiger partial charge in [-0.1, -0.05) is 90.9 Å². The van der Waals surface area contributed by atoms with Crippen molar-refractivity contribution in [3.63, 3.8) is 0 Å². The van der Waals surface area contributed by atoms with Crippen LogP contribution < -0.4 is 0 Å². The molecule has 4 aliphatic rings. The second-order valence-corrected chi connectivity index (χ2v) is 16.6. The van der Waals surface area contributed by atoms with Crippen molar-refractivity contribution in [2.24, 2.45) is 59.2 Å². The predicted molar refractivity (Wildman–Crippen MR) is 188 cm³/mol. The predicted octanol–water partition coefficient (Wildman–Crippen LogP) is 12.4. The Hall–Kier alpha value is -1.06. The average Bonchev–Trinajstić information content (AvgIpc) is 3.09. The van der Waals surface area contributed by atoms with E-state index >= 15 is 0 Å². The summed E-state index contributed by atoms with van der Waals surface area (Å²) in [5.74, 6) is 7.58. The molecule has 4 fully saturated rings. The lowest BCUT2D eigenvalue weighted by molar-refractivity contribution is 0.0396. The summed E-state index contributed by atoms with van der Waals surface area (Å²) in [7, 11) is 0. The van der Waals surface area contributed by atoms with Crippen LogP contribution in [0.5, 0.6) is 0 Å². The molecule has 0 aliphatic heterocycles. The van der Waals surface area contributed by atoms with Gasteiger partial charge < -0.3 is 4.74 Å². The Kier molecular flexibility index (Phi) is 17.2. The van der Waals surface area contributed by atoms with Gasteiger partial charge >= 0.3 is 0 Å². The van der Waals surface area contributed by atoms with Crippen LogP contribution in [0, 0.1) is 81.8 Å². The van der Waals surface area contributed by atoms with E-state index in [0.717, 1.165) is 86.2 Å². The van der Waals surface area contributed by atoms with E-state index in [9.17, 15) is 10.5 Å². The van der Waals surface area contributed by atoms with Crippen molar-refractivity contribution < 1.29 is 4.74 Å². The first-order valence-electron chi connectivity index (χ1n) is 20.5. The minimum atomic E-state index is 0.305. The average molecular weight is 621 g/mol. The third-order valence-electron chi connectivity index (χ3n) is 13.7. The van der Waals surface area contributed by atoms with Gasteiger partial charge in [0, 0.05) is 25.0 Å². The van der Waals surface area contributed by atoms with Crippen LogP contribution in [0.4, 0.5) is 0 Å². The third-order valence-corrected chi connectivity index (χ3v) is 13.7. The number of hydrogen-bond acceptors (Lipinski definition) is 3. The van der Waals surface area contributed by atoms with E-state index in [1.807, 2.05) is 0 Å². The Labute approximate surface area is 280 Å². The quantitative estimate of drug-likeness (QED) is 0.143. The molecule has 45 heavy (non-hydrogen) atoms. The molecule has 2 unspecified atom stereocenters. The minimum Gasteiger partial charge on any atom is -0.381 e. The molecule has 0 saturated heterocycles. The first-order chi connectivity index (χ1) is 22.1. The van der Waals surface area contributed by atoms with Crippen LogP contribution in [0.2, 0.25) is 0 Å². The van der Waals surface area contributed by atoms with Crippen LogP contribution in [-0.2, 0) is 4.74 Å². The van der Waals surface area contributed by atoms with Crippen molar-refractivity contribution in [3.05, 3.63) is 0 Å². The zero-order valence-corrected chi connectivity index (χ0v) is 29.9. The first-order valence-corrected chi connectivity index (χ1v) is 20.5. The summed E-state index contributed by atoms with van der Waals surface area (Å²) >= 11 is 0. The lowest BCUT2D eigenvalue weighted by Crippen LogP contribution is -2.32. The second kappa shape index (κ2) is 21.0. The third kappa shape index (κ3) is 12.2. The van der Waals surface area contributed by atoms with Crippen LogP contribution in [0.1, 0.15) is 181 Å². The van der Waals surface area contributed by atoms with Gasteiger partial charge in [0.05, 0.1) is 12.1 Å². The molecule has 4 rings (SSSR count). The minimum absolute atomic E-state index is 0.305. The van der Waals surface area contributed by atoms with Crippen molar-refractivity contribution in [1.82, 2.24) is 0 Å². The number of hydrogen-bond donors (Lipinski definition) is 0. The molecule has 4 aliphatic carbocycles. The molecule has 0 N–H and O–H groups in total. The molecule has 2 atom stereocenters. The fourth-order valence-corrected chi connectivity index (χ4v) is 10.8. The van der Waals surface area contributed by atoms with Crippen molar-refractivity contribution >= 4 is 0 Å². The molecular formula is C42H72N2O. The first kappa shape index (κ1) is 36.8. The van der Waals surface area contributed by atoms with Crippen LogP contribution in [0.15, 0.2) is 0 Å². The van der Waals surface area contributed by atoms with Crippen molar-refractivity contribution in [2.75, 3.05) is 13.2 Å². The van der Waals surface area contributed by atoms with Gasteiger partial charge in [-0.05, 0) is 137 Å². The van der Waals surface area contributed by atoms with E-state index < -0.39 is 0 Å². The molecule has 0 aromatic rings. The second-order valence-electron chi connectivity index (χ2n) is 16.6. The van der Waals surface area contributed by atoms with Crippen LogP contribution in [-0.4, -0.2) is 13.2 Å². The summed E-state index contributed by atoms with van der Waals surface area (Å²) in [6.07, 6.45) is 34.9. The summed E-state index contributed by atoms with van der Waals surface area (Å²) < 4.78 is 6.61. The zero-order valence-electron chi connectivity index (χ0n) is 29.9. The highest BCUT2D eigenvalue weighted by molar-refractivity contribution is 4.92. The SMILES string of the molecule is CCCCC[C@H]1CC[C@H](C(CCOCCC([C@H]2CC[C@H](C#N)CC2)[C@H]2CC[C@H](CCCCC)CC2)[C@H]2CC[C@H](C#N)CC2)CC1. The Bertz CT molecular complexity index is 771. The maximum atomic E-state index is 9.51. The Morgan fingerprint density at radius 1 is 0.489 bits per heavy atom. The Balaban J connectivity index is 1.26. The van der Waals surface area contributed by atoms with Crippen molar-refractivity contribution in [2.45, 2.75) is 181 Å². The van der Waals surface area contributed by atoms with E-state index in [4.69, 9.17) is 4.74 Å². The van der Waals surface area contributed by atoms with Gasteiger partial charge in [0.25, 0.3) is 0 Å². The molecule has 256 valence electrons. The number of nitrogens with zero attached hydrogens (tertiary/aromatic N) is 2. The van der Waals surface area contributed by atoms with Gasteiger partial charge in [-0.15, -0.1) is 0 Å². The van der Waals surface area contributed by atoms with E-state index in [1.165, 1.54) is 141 Å². The van der Waals surface area contributed by atoms with E-state index in [2.05, 4.69) is 26.0 Å². The molecule has 3 heteroatoms. The summed E-state index contributed by atoms with van der Waals surface area (Å²) in [6, 6.07) is 5.15. The van der Waals surface area contributed by atoms with Crippen LogP contribution in [0.3, 0.4) is 0 Å². The van der Waals surface area contributed by atoms with E-state index in [-0.39, 0.29) is 0 Å². The van der Waals surface area contributed by atoms with Gasteiger partial charge in [-0.25, -0.2) is 0 Å². The molecule has 0 aromatic heterocycles. The number of nitriles is 2. The molecule has 0 radical (unpaired) electrons. The molecule has 3 nitrogen and oxygen atoms in total. The molecule has 0 heterocycles. The molecular weight excluding hydrogens is 548 g/mol. The van der Waals surface area contributed by atoms with Gasteiger partial charge in [-0.3, -0.25) is 0 Å². The number of rotatable bonds is 18. The lowest BCUT2D eigenvalue weighted by atomic mass is 9.65. The highest BCUT2D eigenvalue weighted by atomic mass is 16.5. The van der Waals surface area contributed by atoms with E-state index in [0.29, 0.717) is 11.8 Å². The summed E-state index contributed by atoms with van der Waals surface area (Å²) in [5.41, 5.74) is 0. The summed E-state index contributed by atoms with van der Waals surface area (Å²) in [6.45, 7) is 6.53. The maximum Gasteiger partial charge on any atom is 0.0655 e. The molecule has 0 amide bonds. The van der Waals surface area contributed by atoms with Gasteiger partial charge in [0.1, 0.15) is 0 Å². The smallest absolute Gasteiger partial charge is 0.0655 e. The molecule has 0 bridgehead atoms. The topological polar surface area (TPSA) is 56.8 Å². The van der Waals surface area contributed by atoms with Gasteiger partial charge in [0.15, 0.2) is 0 Å². The Morgan fingerprint density at radius 3 is 1.13 bits per heavy atom. The number of ether oxygens (including phenoxy) is 1. The highest BCUT2D eigenvalue weighted by Crippen LogP contribution is 2.46.